The van der Waals surface area contributed by atoms with E-state index in [1.165, 1.54) is 28.0 Å². The molecule has 1 atom stereocenters. The van der Waals surface area contributed by atoms with E-state index in [1.54, 1.807) is 19.1 Å². The maximum Gasteiger partial charge on any atom is 0.338 e. The van der Waals surface area contributed by atoms with Crippen molar-refractivity contribution >= 4 is 40.5 Å². The van der Waals surface area contributed by atoms with Gasteiger partial charge in [0.1, 0.15) is 0 Å². The van der Waals surface area contributed by atoms with Crippen molar-refractivity contribution in [2.75, 3.05) is 44.7 Å². The Bertz CT molecular complexity index is 1930. The lowest BCUT2D eigenvalue weighted by Crippen LogP contribution is -2.44. The van der Waals surface area contributed by atoms with Crippen LogP contribution < -0.4 is 19.8 Å². The average Bonchev–Trinajstić information content (AvgIpc) is 3.35. The molecule has 6 rings (SSSR count). The number of fused-ring (bicyclic) bond motifs is 1. The minimum Gasteiger partial charge on any atom is -0.463 e. The van der Waals surface area contributed by atoms with Crippen LogP contribution >= 0.6 is 11.3 Å². The second-order valence-corrected chi connectivity index (χ2v) is 11.6. The molecule has 0 saturated carbocycles. The molecule has 3 heterocycles. The normalized spacial score (nSPS) is 17.3. The number of hydrogen-bond acceptors (Lipinski definition) is 9. The van der Waals surface area contributed by atoms with Crippen LogP contribution in [0.3, 0.4) is 0 Å². The van der Waals surface area contributed by atoms with Crippen molar-refractivity contribution in [3.8, 4) is 0 Å². The zero-order valence-corrected chi connectivity index (χ0v) is 25.2. The molecule has 3 aromatic carbocycles. The molecule has 2 aliphatic heterocycles. The molecule has 1 fully saturated rings. The number of nitro groups is 1. The van der Waals surface area contributed by atoms with E-state index < -0.39 is 16.9 Å². The predicted molar refractivity (Wildman–Crippen MR) is 170 cm³/mol. The maximum absolute atomic E-state index is 14.3. The molecule has 0 N–H and O–H groups in total. The zero-order chi connectivity index (χ0) is 30.8. The Kier molecular flexibility index (Phi) is 8.23. The third-order valence-electron chi connectivity index (χ3n) is 7.84. The highest BCUT2D eigenvalue weighted by atomic mass is 32.1. The lowest BCUT2D eigenvalue weighted by Gasteiger charge is -2.34. The Morgan fingerprint density at radius 2 is 1.73 bits per heavy atom. The molecule has 1 aromatic heterocycles. The highest BCUT2D eigenvalue weighted by Crippen LogP contribution is 2.35. The van der Waals surface area contributed by atoms with Gasteiger partial charge >= 0.3 is 5.97 Å². The van der Waals surface area contributed by atoms with Crippen molar-refractivity contribution in [3.05, 3.63) is 131 Å². The molecule has 0 bridgehead atoms. The van der Waals surface area contributed by atoms with Crippen LogP contribution in [-0.4, -0.2) is 60.2 Å². The topological polar surface area (TPSA) is 110 Å². The first kappa shape index (κ1) is 29.2. The second-order valence-electron chi connectivity index (χ2n) is 10.6. The number of piperazine rings is 1. The molecule has 0 spiro atoms. The fourth-order valence-corrected chi connectivity index (χ4v) is 6.63. The molecule has 0 unspecified atom stereocenters. The van der Waals surface area contributed by atoms with E-state index in [9.17, 15) is 19.7 Å². The number of nitrogens with zero attached hydrogens (tertiary/aromatic N) is 5. The molecule has 10 nitrogen and oxygen atoms in total. The van der Waals surface area contributed by atoms with Crippen molar-refractivity contribution in [2.24, 2.45) is 4.99 Å². The summed E-state index contributed by atoms with van der Waals surface area (Å²) >= 11 is 1.20. The first-order chi connectivity index (χ1) is 21.4. The van der Waals surface area contributed by atoms with Gasteiger partial charge in [0.15, 0.2) is 4.80 Å². The average molecular weight is 610 g/mol. The van der Waals surface area contributed by atoms with Crippen molar-refractivity contribution in [1.29, 1.82) is 0 Å². The van der Waals surface area contributed by atoms with Gasteiger partial charge in [-0.05, 0) is 31.7 Å². The molecule has 44 heavy (non-hydrogen) atoms. The maximum atomic E-state index is 14.3. The lowest BCUT2D eigenvalue weighted by atomic mass is 9.93. The molecule has 0 aliphatic carbocycles. The highest BCUT2D eigenvalue weighted by Gasteiger charge is 2.35. The van der Waals surface area contributed by atoms with Crippen molar-refractivity contribution < 1.29 is 14.5 Å². The van der Waals surface area contributed by atoms with Crippen LogP contribution in [0.25, 0.3) is 11.8 Å². The lowest BCUT2D eigenvalue weighted by molar-refractivity contribution is -0.384. The molecule has 0 radical (unpaired) electrons. The van der Waals surface area contributed by atoms with Crippen LogP contribution in [0, 0.1) is 10.1 Å². The summed E-state index contributed by atoms with van der Waals surface area (Å²) in [6.45, 7) is 5.13. The fourth-order valence-electron chi connectivity index (χ4n) is 5.64. The zero-order valence-electron chi connectivity index (χ0n) is 24.4. The summed E-state index contributed by atoms with van der Waals surface area (Å²) in [5.41, 5.74) is 3.19. The number of thiazole rings is 1. The summed E-state index contributed by atoms with van der Waals surface area (Å²) in [6, 6.07) is 22.7. The molecule has 1 saturated heterocycles. The first-order valence-corrected chi connectivity index (χ1v) is 15.2. The number of non-ortho nitro benzene ring substituents is 1. The van der Waals surface area contributed by atoms with Gasteiger partial charge in [0.05, 0.1) is 33.4 Å². The third kappa shape index (κ3) is 5.59. The minimum atomic E-state index is -0.786. The second kappa shape index (κ2) is 12.4. The summed E-state index contributed by atoms with van der Waals surface area (Å²) in [5, 5.41) is 11.7. The van der Waals surface area contributed by atoms with Crippen molar-refractivity contribution in [1.82, 2.24) is 9.47 Å². The number of likely N-dealkylation sites (N-methyl/N-ethyl adjacent to an activating group) is 1. The summed E-state index contributed by atoms with van der Waals surface area (Å²) in [6.07, 6.45) is 1.71. The van der Waals surface area contributed by atoms with E-state index >= 15 is 0 Å². The van der Waals surface area contributed by atoms with Gasteiger partial charge in [-0.1, -0.05) is 72.0 Å². The standard InChI is InChI=1S/C33H31N5O5S/c1-3-43-32(40)28-29(22-10-6-4-7-11-22)34-33-37(30(28)23-12-8-5-9-13-23)31(39)27(44-33)21-24-20-25(38(41)42)14-15-26(24)36-18-16-35(2)17-19-36/h4-15,20-21,30H,3,16-19H2,1-2H3/t30-/m1/s1. The Morgan fingerprint density at radius 1 is 1.05 bits per heavy atom. The van der Waals surface area contributed by atoms with Gasteiger partial charge in [0.25, 0.3) is 11.2 Å². The van der Waals surface area contributed by atoms with Crippen LogP contribution in [0.4, 0.5) is 11.4 Å². The minimum absolute atomic E-state index is 0.0555. The summed E-state index contributed by atoms with van der Waals surface area (Å²) in [7, 11) is 2.06. The molecular formula is C33H31N5O5S. The van der Waals surface area contributed by atoms with Crippen LogP contribution in [0.1, 0.15) is 29.7 Å². The number of ether oxygens (including phenoxy) is 1. The van der Waals surface area contributed by atoms with Gasteiger partial charge in [0.2, 0.25) is 0 Å². The van der Waals surface area contributed by atoms with E-state index in [4.69, 9.17) is 9.73 Å². The number of aromatic nitrogens is 1. The van der Waals surface area contributed by atoms with Crippen molar-refractivity contribution in [3.63, 3.8) is 0 Å². The number of anilines is 1. The Labute approximate surface area is 257 Å². The SMILES string of the molecule is CCOC(=O)C1=C(c2ccccc2)N=c2sc(=Cc3cc([N+](=O)[O-])ccc3N3CCN(C)CC3)c(=O)n2[C@@H]1c1ccccc1. The van der Waals surface area contributed by atoms with Crippen LogP contribution in [-0.2, 0) is 9.53 Å². The third-order valence-corrected chi connectivity index (χ3v) is 8.82. The van der Waals surface area contributed by atoms with E-state index in [0.717, 1.165) is 43.0 Å². The van der Waals surface area contributed by atoms with Crippen molar-refractivity contribution in [2.45, 2.75) is 13.0 Å². The summed E-state index contributed by atoms with van der Waals surface area (Å²) in [5.74, 6) is -0.547. The number of benzene rings is 3. The van der Waals surface area contributed by atoms with Gasteiger partial charge in [-0.3, -0.25) is 19.5 Å². The number of carbonyl (C=O) groups excluding carboxylic acids is 1. The van der Waals surface area contributed by atoms with E-state index in [-0.39, 0.29) is 23.4 Å². The molecule has 2 aliphatic rings. The van der Waals surface area contributed by atoms with E-state index in [2.05, 4.69) is 16.8 Å². The van der Waals surface area contributed by atoms with Crippen LogP contribution in [0.5, 0.6) is 0 Å². The smallest absolute Gasteiger partial charge is 0.338 e. The van der Waals surface area contributed by atoms with Gasteiger partial charge < -0.3 is 14.5 Å². The van der Waals surface area contributed by atoms with Gasteiger partial charge in [-0.25, -0.2) is 9.79 Å². The number of carbonyl (C=O) groups is 1. The van der Waals surface area contributed by atoms with E-state index in [0.29, 0.717) is 20.6 Å². The molecule has 11 heteroatoms. The Balaban J connectivity index is 1.60. The summed E-state index contributed by atoms with van der Waals surface area (Å²) in [4.78, 5) is 48.9. The number of esters is 1. The van der Waals surface area contributed by atoms with Crippen LogP contribution in [0.15, 0.2) is 94.2 Å². The fraction of sp³-hybridized carbons (Fsp3) is 0.242. The first-order valence-electron chi connectivity index (χ1n) is 14.4. The molecular weight excluding hydrogens is 578 g/mol. The van der Waals surface area contributed by atoms with Gasteiger partial charge in [-0.2, -0.15) is 0 Å². The number of hydrogen-bond donors (Lipinski definition) is 0. The molecule has 224 valence electrons. The van der Waals surface area contributed by atoms with Gasteiger partial charge in [0, 0.05) is 55.1 Å². The quantitative estimate of drug-likeness (QED) is 0.179. The number of nitro benzene ring substituents is 1. The molecule has 0 amide bonds. The number of rotatable bonds is 7. The molecule has 4 aromatic rings. The van der Waals surface area contributed by atoms with Gasteiger partial charge in [-0.15, -0.1) is 0 Å². The Hall–Kier alpha value is -4.87. The predicted octanol–water partition coefficient (Wildman–Crippen LogP) is 3.60. The van der Waals surface area contributed by atoms with E-state index in [1.807, 2.05) is 60.7 Å². The largest absolute Gasteiger partial charge is 0.463 e. The summed E-state index contributed by atoms with van der Waals surface area (Å²) < 4.78 is 7.42. The highest BCUT2D eigenvalue weighted by molar-refractivity contribution is 7.07. The Morgan fingerprint density at radius 3 is 2.39 bits per heavy atom. The van der Waals surface area contributed by atoms with Crippen LogP contribution in [0.2, 0.25) is 0 Å². The monoisotopic (exact) mass is 609 g/mol.